The van der Waals surface area contributed by atoms with Crippen molar-refractivity contribution in [3.05, 3.63) is 47.3 Å². The van der Waals surface area contributed by atoms with Crippen LogP contribution in [0.4, 0.5) is 13.2 Å². The zero-order valence-electron chi connectivity index (χ0n) is 15.3. The third kappa shape index (κ3) is 6.76. The summed E-state index contributed by atoms with van der Waals surface area (Å²) in [6.07, 6.45) is -3.05. The Morgan fingerprint density at radius 1 is 1.15 bits per heavy atom. The molecule has 0 atom stereocenters. The molecule has 1 aromatic carbocycles. The topological polar surface area (TPSA) is 87.2 Å². The van der Waals surface area contributed by atoms with Crippen LogP contribution in [-0.4, -0.2) is 28.6 Å². The van der Waals surface area contributed by atoms with E-state index in [4.69, 9.17) is 4.74 Å². The summed E-state index contributed by atoms with van der Waals surface area (Å²) in [5.41, 5.74) is 3.89. The first-order valence-electron chi connectivity index (χ1n) is 8.21. The summed E-state index contributed by atoms with van der Waals surface area (Å²) in [6, 6.07) is 6.88. The minimum Gasteiger partial charge on any atom is -0.497 e. The Morgan fingerprint density at radius 3 is 2.11 bits per heavy atom. The molecule has 2 aromatic rings. The third-order valence-corrected chi connectivity index (χ3v) is 3.50. The van der Waals surface area contributed by atoms with Gasteiger partial charge < -0.3 is 10.5 Å². The van der Waals surface area contributed by atoms with E-state index in [1.54, 1.807) is 31.2 Å². The Labute approximate surface area is 155 Å². The maximum atomic E-state index is 13.0. The average Bonchev–Trinajstić information content (AvgIpc) is 3.06. The highest BCUT2D eigenvalue weighted by molar-refractivity contribution is 5.96. The zero-order valence-corrected chi connectivity index (χ0v) is 15.3. The molecule has 0 unspecified atom stereocenters. The van der Waals surface area contributed by atoms with Gasteiger partial charge in [-0.3, -0.25) is 14.3 Å². The maximum Gasteiger partial charge on any atom is 0.435 e. The molecule has 1 amide bonds. The highest BCUT2D eigenvalue weighted by Gasteiger charge is 2.38. The molecule has 0 radical (unpaired) electrons. The fourth-order valence-corrected chi connectivity index (χ4v) is 2.02. The van der Waals surface area contributed by atoms with Crippen LogP contribution in [0.5, 0.6) is 5.75 Å². The maximum absolute atomic E-state index is 13.0. The number of ketones is 1. The van der Waals surface area contributed by atoms with Gasteiger partial charge in [0, 0.05) is 19.0 Å². The van der Waals surface area contributed by atoms with Crippen LogP contribution in [0.1, 0.15) is 48.3 Å². The van der Waals surface area contributed by atoms with E-state index in [2.05, 4.69) is 10.8 Å². The number of benzene rings is 1. The molecule has 9 heteroatoms. The molecule has 0 aliphatic heterocycles. The van der Waals surface area contributed by atoms with Gasteiger partial charge in [-0.2, -0.15) is 18.3 Å². The van der Waals surface area contributed by atoms with Gasteiger partial charge in [-0.05, 0) is 17.7 Å². The first kappa shape index (κ1) is 22.2. The van der Waals surface area contributed by atoms with Gasteiger partial charge in [0.25, 0.3) is 0 Å². The second-order valence-electron chi connectivity index (χ2n) is 5.53. The smallest absolute Gasteiger partial charge is 0.435 e. The molecule has 0 saturated carbocycles. The lowest BCUT2D eigenvalue weighted by Crippen LogP contribution is -2.12. The predicted molar refractivity (Wildman–Crippen MR) is 93.4 cm³/mol. The van der Waals surface area contributed by atoms with Crippen molar-refractivity contribution in [2.75, 3.05) is 7.11 Å². The average molecular weight is 385 g/mol. The second-order valence-corrected chi connectivity index (χ2v) is 5.53. The number of amides is 1. The predicted octanol–water partition coefficient (Wildman–Crippen LogP) is 3.43. The lowest BCUT2D eigenvalue weighted by atomic mass is 10.1. The lowest BCUT2D eigenvalue weighted by molar-refractivity contribution is -0.141. The molecule has 148 valence electrons. The molecule has 0 aliphatic carbocycles. The number of carbonyl (C=O) groups is 2. The van der Waals surface area contributed by atoms with Crippen molar-refractivity contribution in [1.82, 2.24) is 9.78 Å². The summed E-state index contributed by atoms with van der Waals surface area (Å²) < 4.78 is 45.0. The summed E-state index contributed by atoms with van der Waals surface area (Å²) in [6.45, 7) is 3.38. The van der Waals surface area contributed by atoms with Crippen LogP contribution < -0.4 is 10.5 Å². The number of hydrogen-bond donors (Lipinski definition) is 1. The number of nitrogens with zero attached hydrogens (tertiary/aromatic N) is 2. The number of carbonyl (C=O) groups excluding carboxylic acids is 2. The quantitative estimate of drug-likeness (QED) is 0.772. The normalized spacial score (nSPS) is 10.7. The number of halogens is 3. The number of primary amides is 1. The molecule has 2 rings (SSSR count). The highest BCUT2D eigenvalue weighted by Crippen LogP contribution is 2.31. The van der Waals surface area contributed by atoms with Gasteiger partial charge in [0.05, 0.1) is 19.2 Å². The monoisotopic (exact) mass is 385 g/mol. The largest absolute Gasteiger partial charge is 0.497 e. The van der Waals surface area contributed by atoms with Gasteiger partial charge in [-0.25, -0.2) is 0 Å². The lowest BCUT2D eigenvalue weighted by Gasteiger charge is -2.05. The SMILES string of the molecule is CCC(=O)c1cn(Cc2ccc(OC)cc2)nc1C(F)(F)F.CCC(N)=O. The Morgan fingerprint density at radius 2 is 1.70 bits per heavy atom. The van der Waals surface area contributed by atoms with Gasteiger partial charge in [-0.1, -0.05) is 26.0 Å². The van der Waals surface area contributed by atoms with Crippen molar-refractivity contribution >= 4 is 11.7 Å². The number of Topliss-reactive ketones (excluding diaryl/α,β-unsaturated/α-hetero) is 1. The summed E-state index contributed by atoms with van der Waals surface area (Å²) in [4.78, 5) is 21.3. The number of nitrogens with two attached hydrogens (primary N) is 1. The Bertz CT molecular complexity index is 768. The summed E-state index contributed by atoms with van der Waals surface area (Å²) in [7, 11) is 1.53. The van der Waals surface area contributed by atoms with Crippen molar-refractivity contribution in [3.8, 4) is 5.75 Å². The van der Waals surface area contributed by atoms with E-state index in [0.29, 0.717) is 12.2 Å². The fraction of sp³-hybridized carbons (Fsp3) is 0.389. The number of methoxy groups -OCH3 is 1. The van der Waals surface area contributed by atoms with Crippen molar-refractivity contribution < 1.29 is 27.5 Å². The number of alkyl halides is 3. The Hall–Kier alpha value is -2.84. The van der Waals surface area contributed by atoms with Gasteiger partial charge in [-0.15, -0.1) is 0 Å². The van der Waals surface area contributed by atoms with Crippen LogP contribution in [0.15, 0.2) is 30.5 Å². The second kappa shape index (κ2) is 9.75. The molecule has 0 bridgehead atoms. The highest BCUT2D eigenvalue weighted by atomic mass is 19.4. The molecule has 0 spiro atoms. The molecule has 0 saturated heterocycles. The van der Waals surface area contributed by atoms with Crippen LogP contribution >= 0.6 is 0 Å². The molecule has 27 heavy (non-hydrogen) atoms. The number of hydrogen-bond acceptors (Lipinski definition) is 4. The van der Waals surface area contributed by atoms with Crippen molar-refractivity contribution in [3.63, 3.8) is 0 Å². The first-order valence-corrected chi connectivity index (χ1v) is 8.21. The zero-order chi connectivity index (χ0) is 20.6. The molecular weight excluding hydrogens is 363 g/mol. The molecule has 2 N–H and O–H groups in total. The molecule has 0 aliphatic rings. The van der Waals surface area contributed by atoms with Crippen LogP contribution in [0.2, 0.25) is 0 Å². The summed E-state index contributed by atoms with van der Waals surface area (Å²) in [5.74, 6) is -0.166. The standard InChI is InChI=1S/C15H15F3N2O2.C3H7NO/c1-3-13(21)12-9-20(19-14(12)15(16,17)18)8-10-4-6-11(22-2)7-5-10;1-2-3(4)5/h4-7,9H,3,8H2,1-2H3;2H2,1H3,(H2,4,5). The van der Waals surface area contributed by atoms with Gasteiger partial charge in [0.15, 0.2) is 11.5 Å². The number of ether oxygens (including phenoxy) is 1. The van der Waals surface area contributed by atoms with E-state index < -0.39 is 17.7 Å². The van der Waals surface area contributed by atoms with Crippen LogP contribution in [0.3, 0.4) is 0 Å². The van der Waals surface area contributed by atoms with Crippen LogP contribution in [0.25, 0.3) is 0 Å². The third-order valence-electron chi connectivity index (χ3n) is 3.50. The molecule has 6 nitrogen and oxygen atoms in total. The van der Waals surface area contributed by atoms with Crippen molar-refractivity contribution in [1.29, 1.82) is 0 Å². The summed E-state index contributed by atoms with van der Waals surface area (Å²) >= 11 is 0. The minimum atomic E-state index is -4.65. The Kier molecular flexibility index (Phi) is 8.01. The van der Waals surface area contributed by atoms with Gasteiger partial charge in [0.1, 0.15) is 5.75 Å². The fourth-order valence-electron chi connectivity index (χ4n) is 2.02. The Balaban J connectivity index is 0.000000646. The molecule has 1 heterocycles. The summed E-state index contributed by atoms with van der Waals surface area (Å²) in [5, 5.41) is 3.53. The van der Waals surface area contributed by atoms with E-state index in [0.717, 1.165) is 16.4 Å². The van der Waals surface area contributed by atoms with E-state index in [-0.39, 0.29) is 24.4 Å². The van der Waals surface area contributed by atoms with Crippen LogP contribution in [0, 0.1) is 0 Å². The van der Waals surface area contributed by atoms with Crippen LogP contribution in [-0.2, 0) is 17.5 Å². The first-order chi connectivity index (χ1) is 12.6. The van der Waals surface area contributed by atoms with E-state index in [1.807, 2.05) is 0 Å². The number of rotatable bonds is 6. The van der Waals surface area contributed by atoms with Crippen molar-refractivity contribution in [2.24, 2.45) is 5.73 Å². The van der Waals surface area contributed by atoms with Crippen molar-refractivity contribution in [2.45, 2.75) is 39.4 Å². The van der Waals surface area contributed by atoms with E-state index in [1.165, 1.54) is 14.0 Å². The van der Waals surface area contributed by atoms with E-state index >= 15 is 0 Å². The number of aromatic nitrogens is 2. The molecular formula is C18H22F3N3O3. The molecule has 1 aromatic heterocycles. The van der Waals surface area contributed by atoms with Gasteiger partial charge >= 0.3 is 6.18 Å². The van der Waals surface area contributed by atoms with E-state index in [9.17, 15) is 22.8 Å². The molecule has 0 fully saturated rings. The van der Waals surface area contributed by atoms with Gasteiger partial charge in [0.2, 0.25) is 5.91 Å². The minimum absolute atomic E-state index is 0.00267.